The average Bonchev–Trinajstić information content (AvgIpc) is 2.21. The standard InChI is InChI=1S/C11H12FNO2/c1-8(7-11(14)15-2)13-10-6-4-3-5-9(10)12/h3-7,13H,1-2H3/b8-7-. The second kappa shape index (κ2) is 5.14. The van der Waals surface area contributed by atoms with Crippen LogP contribution in [0.25, 0.3) is 0 Å². The second-order valence-corrected chi connectivity index (χ2v) is 2.96. The normalized spacial score (nSPS) is 11.0. The first-order valence-corrected chi connectivity index (χ1v) is 4.41. The van der Waals surface area contributed by atoms with Crippen molar-refractivity contribution in [2.75, 3.05) is 12.4 Å². The number of hydrogen-bond donors (Lipinski definition) is 1. The van der Waals surface area contributed by atoms with E-state index in [1.54, 1.807) is 25.1 Å². The highest BCUT2D eigenvalue weighted by Crippen LogP contribution is 2.14. The highest BCUT2D eigenvalue weighted by atomic mass is 19.1. The highest BCUT2D eigenvalue weighted by molar-refractivity contribution is 5.83. The zero-order valence-corrected chi connectivity index (χ0v) is 8.58. The van der Waals surface area contributed by atoms with Gasteiger partial charge in [0.15, 0.2) is 0 Å². The lowest BCUT2D eigenvalue weighted by Gasteiger charge is -2.06. The molecule has 1 aromatic rings. The van der Waals surface area contributed by atoms with Crippen LogP contribution in [0.4, 0.5) is 10.1 Å². The summed E-state index contributed by atoms with van der Waals surface area (Å²) < 4.78 is 17.6. The van der Waals surface area contributed by atoms with Crippen molar-refractivity contribution >= 4 is 11.7 Å². The van der Waals surface area contributed by atoms with Gasteiger partial charge in [0.2, 0.25) is 0 Å². The van der Waals surface area contributed by atoms with Crippen LogP contribution in [0, 0.1) is 5.82 Å². The van der Waals surface area contributed by atoms with Crippen molar-refractivity contribution in [3.63, 3.8) is 0 Å². The molecule has 1 rings (SSSR count). The maximum atomic E-state index is 13.2. The summed E-state index contributed by atoms with van der Waals surface area (Å²) in [7, 11) is 1.29. The summed E-state index contributed by atoms with van der Waals surface area (Å²) in [5.41, 5.74) is 0.849. The maximum absolute atomic E-state index is 13.2. The number of anilines is 1. The highest BCUT2D eigenvalue weighted by Gasteiger charge is 2.01. The molecule has 15 heavy (non-hydrogen) atoms. The average molecular weight is 209 g/mol. The zero-order valence-electron chi connectivity index (χ0n) is 8.58. The molecule has 0 amide bonds. The third-order valence-electron chi connectivity index (χ3n) is 1.74. The Labute approximate surface area is 87.6 Å². The summed E-state index contributed by atoms with van der Waals surface area (Å²) in [4.78, 5) is 10.9. The number of para-hydroxylation sites is 1. The number of nitrogens with one attached hydrogen (secondary N) is 1. The van der Waals surface area contributed by atoms with E-state index in [1.807, 2.05) is 0 Å². The number of halogens is 1. The first-order valence-electron chi connectivity index (χ1n) is 4.41. The third-order valence-corrected chi connectivity index (χ3v) is 1.74. The number of rotatable bonds is 3. The smallest absolute Gasteiger partial charge is 0.332 e. The molecule has 80 valence electrons. The van der Waals surface area contributed by atoms with Gasteiger partial charge in [-0.2, -0.15) is 0 Å². The summed E-state index contributed by atoms with van der Waals surface area (Å²) in [5, 5.41) is 2.76. The van der Waals surface area contributed by atoms with E-state index >= 15 is 0 Å². The lowest BCUT2D eigenvalue weighted by molar-refractivity contribution is -0.134. The van der Waals surface area contributed by atoms with E-state index in [1.165, 1.54) is 19.3 Å². The first-order chi connectivity index (χ1) is 7.13. The van der Waals surface area contributed by atoms with Crippen LogP contribution in [0.2, 0.25) is 0 Å². The van der Waals surface area contributed by atoms with E-state index in [4.69, 9.17) is 0 Å². The molecular weight excluding hydrogens is 197 g/mol. The zero-order chi connectivity index (χ0) is 11.3. The number of benzene rings is 1. The number of allylic oxidation sites excluding steroid dienone is 1. The fraction of sp³-hybridized carbons (Fsp3) is 0.182. The number of hydrogen-bond acceptors (Lipinski definition) is 3. The Kier molecular flexibility index (Phi) is 3.85. The summed E-state index contributed by atoms with van der Waals surface area (Å²) >= 11 is 0. The molecule has 1 N–H and O–H groups in total. The van der Waals surface area contributed by atoms with Gasteiger partial charge in [0.05, 0.1) is 12.8 Å². The van der Waals surface area contributed by atoms with E-state index in [0.717, 1.165) is 0 Å². The number of ether oxygens (including phenoxy) is 1. The van der Waals surface area contributed by atoms with Gasteiger partial charge in [0.25, 0.3) is 0 Å². The molecule has 0 aliphatic heterocycles. The molecule has 0 radical (unpaired) electrons. The SMILES string of the molecule is COC(=O)/C=C(/C)Nc1ccccc1F. The fourth-order valence-corrected chi connectivity index (χ4v) is 1.05. The van der Waals surface area contributed by atoms with Gasteiger partial charge < -0.3 is 10.1 Å². The summed E-state index contributed by atoms with van der Waals surface area (Å²) in [6, 6.07) is 6.23. The predicted octanol–water partition coefficient (Wildman–Crippen LogP) is 2.31. The maximum Gasteiger partial charge on any atom is 0.332 e. The van der Waals surface area contributed by atoms with Gasteiger partial charge in [-0.1, -0.05) is 12.1 Å². The van der Waals surface area contributed by atoms with Crippen LogP contribution in [0.3, 0.4) is 0 Å². The summed E-state index contributed by atoms with van der Waals surface area (Å²) in [6.45, 7) is 1.66. The molecule has 0 aliphatic carbocycles. The van der Waals surface area contributed by atoms with Gasteiger partial charge >= 0.3 is 5.97 Å². The minimum absolute atomic E-state index is 0.329. The molecule has 3 nitrogen and oxygen atoms in total. The number of esters is 1. The molecule has 1 aromatic carbocycles. The Morgan fingerprint density at radius 2 is 2.13 bits per heavy atom. The Morgan fingerprint density at radius 3 is 2.73 bits per heavy atom. The topological polar surface area (TPSA) is 38.3 Å². The number of carbonyl (C=O) groups is 1. The van der Waals surface area contributed by atoms with Gasteiger partial charge in [-0.05, 0) is 19.1 Å². The molecule has 0 unspecified atom stereocenters. The molecule has 0 bridgehead atoms. The van der Waals surface area contributed by atoms with Gasteiger partial charge in [-0.25, -0.2) is 9.18 Å². The molecule has 0 aliphatic rings. The van der Waals surface area contributed by atoms with Crippen LogP contribution in [-0.2, 0) is 9.53 Å². The molecule has 0 fully saturated rings. The Morgan fingerprint density at radius 1 is 1.47 bits per heavy atom. The minimum atomic E-state index is -0.476. The van der Waals surface area contributed by atoms with E-state index in [0.29, 0.717) is 11.4 Å². The Balaban J connectivity index is 2.74. The molecule has 0 spiro atoms. The molecule has 0 saturated carbocycles. The monoisotopic (exact) mass is 209 g/mol. The second-order valence-electron chi connectivity index (χ2n) is 2.96. The molecule has 4 heteroatoms. The van der Waals surface area contributed by atoms with Gasteiger partial charge in [-0.15, -0.1) is 0 Å². The van der Waals surface area contributed by atoms with Crippen molar-refractivity contribution in [3.8, 4) is 0 Å². The van der Waals surface area contributed by atoms with Crippen LogP contribution in [0.15, 0.2) is 36.0 Å². The molecule has 0 atom stereocenters. The lowest BCUT2D eigenvalue weighted by Crippen LogP contribution is -2.03. The van der Waals surface area contributed by atoms with Crippen LogP contribution < -0.4 is 5.32 Å². The fourth-order valence-electron chi connectivity index (χ4n) is 1.05. The summed E-state index contributed by atoms with van der Waals surface area (Å²) in [5.74, 6) is -0.841. The van der Waals surface area contributed by atoms with E-state index in [-0.39, 0.29) is 5.82 Å². The Bertz CT molecular complexity index is 388. The van der Waals surface area contributed by atoms with Gasteiger partial charge in [0, 0.05) is 11.8 Å². The summed E-state index contributed by atoms with van der Waals surface area (Å²) in [6.07, 6.45) is 1.26. The molecule has 0 heterocycles. The van der Waals surface area contributed by atoms with Crippen LogP contribution >= 0.6 is 0 Å². The molecule has 0 aromatic heterocycles. The van der Waals surface area contributed by atoms with Crippen molar-refractivity contribution in [3.05, 3.63) is 41.9 Å². The van der Waals surface area contributed by atoms with Crippen molar-refractivity contribution in [2.45, 2.75) is 6.92 Å². The number of methoxy groups -OCH3 is 1. The van der Waals surface area contributed by atoms with Crippen LogP contribution in [0.1, 0.15) is 6.92 Å². The minimum Gasteiger partial charge on any atom is -0.466 e. The van der Waals surface area contributed by atoms with Crippen molar-refractivity contribution < 1.29 is 13.9 Å². The third kappa shape index (κ3) is 3.42. The van der Waals surface area contributed by atoms with Crippen LogP contribution in [0.5, 0.6) is 0 Å². The van der Waals surface area contributed by atoms with Gasteiger partial charge in [0.1, 0.15) is 5.82 Å². The number of carbonyl (C=O) groups excluding carboxylic acids is 1. The van der Waals surface area contributed by atoms with Crippen LogP contribution in [-0.4, -0.2) is 13.1 Å². The molecular formula is C11H12FNO2. The first kappa shape index (κ1) is 11.2. The van der Waals surface area contributed by atoms with E-state index in [2.05, 4.69) is 10.1 Å². The Hall–Kier alpha value is -1.84. The van der Waals surface area contributed by atoms with Gasteiger partial charge in [-0.3, -0.25) is 0 Å². The predicted molar refractivity (Wildman–Crippen MR) is 55.8 cm³/mol. The largest absolute Gasteiger partial charge is 0.466 e. The van der Waals surface area contributed by atoms with Crippen molar-refractivity contribution in [2.24, 2.45) is 0 Å². The van der Waals surface area contributed by atoms with E-state index < -0.39 is 5.97 Å². The van der Waals surface area contributed by atoms with Crippen molar-refractivity contribution in [1.29, 1.82) is 0 Å². The van der Waals surface area contributed by atoms with E-state index in [9.17, 15) is 9.18 Å². The molecule has 0 saturated heterocycles. The lowest BCUT2D eigenvalue weighted by atomic mass is 10.3. The quantitative estimate of drug-likeness (QED) is 0.613. The van der Waals surface area contributed by atoms with Crippen molar-refractivity contribution in [1.82, 2.24) is 0 Å².